The predicted molar refractivity (Wildman–Crippen MR) is 96.8 cm³/mol. The molecule has 0 amide bonds. The van der Waals surface area contributed by atoms with Crippen molar-refractivity contribution in [3.8, 4) is 28.7 Å². The lowest BCUT2D eigenvalue weighted by atomic mass is 10.1. The van der Waals surface area contributed by atoms with Crippen LogP contribution in [0.2, 0.25) is 0 Å². The Balaban J connectivity index is 2.04. The minimum atomic E-state index is -0.181. The molecular weight excluding hydrogens is 336 g/mol. The number of Topliss-reactive ketones (excluding diaryl/α,β-unsaturated/α-hetero) is 1. The van der Waals surface area contributed by atoms with Gasteiger partial charge < -0.3 is 23.7 Å². The lowest BCUT2D eigenvalue weighted by Gasteiger charge is -2.13. The number of allylic oxidation sites excluding steroid dienone is 1. The van der Waals surface area contributed by atoms with E-state index in [1.165, 1.54) is 21.3 Å². The molecule has 26 heavy (non-hydrogen) atoms. The second kappa shape index (κ2) is 7.00. The molecule has 1 aliphatic rings. The van der Waals surface area contributed by atoms with Crippen LogP contribution in [-0.2, 0) is 0 Å². The molecule has 6 heteroatoms. The summed E-state index contributed by atoms with van der Waals surface area (Å²) in [6.07, 6.45) is 1.65. The second-order valence-electron chi connectivity index (χ2n) is 5.67. The first-order valence-electron chi connectivity index (χ1n) is 7.95. The van der Waals surface area contributed by atoms with E-state index in [1.807, 2.05) is 6.92 Å². The Labute approximate surface area is 151 Å². The first kappa shape index (κ1) is 17.7. The van der Waals surface area contributed by atoms with Crippen LogP contribution in [0.1, 0.15) is 21.5 Å². The third-order valence-corrected chi connectivity index (χ3v) is 4.24. The smallest absolute Gasteiger partial charge is 0.231 e. The van der Waals surface area contributed by atoms with Crippen molar-refractivity contribution in [1.82, 2.24) is 0 Å². The molecule has 0 radical (unpaired) electrons. The maximum Gasteiger partial charge on any atom is 0.231 e. The highest BCUT2D eigenvalue weighted by molar-refractivity contribution is 6.15. The van der Waals surface area contributed by atoms with E-state index in [1.54, 1.807) is 37.5 Å². The molecule has 1 aliphatic heterocycles. The molecule has 6 nitrogen and oxygen atoms in total. The summed E-state index contributed by atoms with van der Waals surface area (Å²) in [6.45, 7) is 1.85. The van der Waals surface area contributed by atoms with Crippen LogP contribution in [0.25, 0.3) is 6.08 Å². The van der Waals surface area contributed by atoms with E-state index >= 15 is 0 Å². The molecule has 0 saturated carbocycles. The van der Waals surface area contributed by atoms with Crippen LogP contribution in [0, 0.1) is 6.92 Å². The van der Waals surface area contributed by atoms with Gasteiger partial charge in [-0.05, 0) is 42.8 Å². The van der Waals surface area contributed by atoms with Gasteiger partial charge in [-0.2, -0.15) is 0 Å². The third-order valence-electron chi connectivity index (χ3n) is 4.24. The molecule has 0 N–H and O–H groups in total. The number of hydrogen-bond donors (Lipinski definition) is 0. The Hall–Kier alpha value is -3.15. The standard InChI is InChI=1S/C20H20O6/c1-11-14(22-2)7-6-13-18(21)15(26-19(11)13)8-12-9-16(23-3)20(25-5)17(10-12)24-4/h6-10H,1-5H3. The Kier molecular flexibility index (Phi) is 4.75. The number of carbonyl (C=O) groups is 1. The number of methoxy groups -OCH3 is 4. The van der Waals surface area contributed by atoms with Crippen LogP contribution >= 0.6 is 0 Å². The third kappa shape index (κ3) is 2.83. The number of carbonyl (C=O) groups excluding carboxylic acids is 1. The largest absolute Gasteiger partial charge is 0.496 e. The van der Waals surface area contributed by atoms with Gasteiger partial charge in [0.05, 0.1) is 34.0 Å². The van der Waals surface area contributed by atoms with Crippen molar-refractivity contribution in [3.05, 3.63) is 46.7 Å². The van der Waals surface area contributed by atoms with E-state index in [2.05, 4.69) is 0 Å². The zero-order valence-electron chi connectivity index (χ0n) is 15.3. The summed E-state index contributed by atoms with van der Waals surface area (Å²) >= 11 is 0. The monoisotopic (exact) mass is 356 g/mol. The Morgan fingerprint density at radius 1 is 0.885 bits per heavy atom. The maximum atomic E-state index is 12.7. The quantitative estimate of drug-likeness (QED) is 0.762. The van der Waals surface area contributed by atoms with Gasteiger partial charge in [0.25, 0.3) is 0 Å². The number of ether oxygens (including phenoxy) is 5. The zero-order valence-corrected chi connectivity index (χ0v) is 15.3. The molecule has 0 aliphatic carbocycles. The molecule has 2 aromatic rings. The molecule has 0 atom stereocenters. The fourth-order valence-electron chi connectivity index (χ4n) is 2.93. The summed E-state index contributed by atoms with van der Waals surface area (Å²) in [5.41, 5.74) is 1.99. The van der Waals surface area contributed by atoms with Crippen molar-refractivity contribution in [2.75, 3.05) is 28.4 Å². The van der Waals surface area contributed by atoms with Crippen molar-refractivity contribution in [1.29, 1.82) is 0 Å². The number of ketones is 1. The molecule has 0 bridgehead atoms. The average molecular weight is 356 g/mol. The normalized spacial score (nSPS) is 14.0. The highest BCUT2D eigenvalue weighted by Crippen LogP contribution is 2.41. The summed E-state index contributed by atoms with van der Waals surface area (Å²) in [4.78, 5) is 12.7. The molecule has 1 heterocycles. The van der Waals surface area contributed by atoms with Gasteiger partial charge in [0.1, 0.15) is 11.5 Å². The lowest BCUT2D eigenvalue weighted by molar-refractivity contribution is 0.101. The maximum absolute atomic E-state index is 12.7. The van der Waals surface area contributed by atoms with Crippen molar-refractivity contribution < 1.29 is 28.5 Å². The van der Waals surface area contributed by atoms with E-state index in [4.69, 9.17) is 23.7 Å². The number of hydrogen-bond acceptors (Lipinski definition) is 6. The van der Waals surface area contributed by atoms with Gasteiger partial charge in [0, 0.05) is 5.56 Å². The SMILES string of the molecule is COc1ccc2c(c1C)OC(=Cc1cc(OC)c(OC)c(OC)c1)C2=O. The van der Waals surface area contributed by atoms with Crippen molar-refractivity contribution in [2.24, 2.45) is 0 Å². The Bertz CT molecular complexity index is 872. The molecule has 3 rings (SSSR count). The summed E-state index contributed by atoms with van der Waals surface area (Å²) < 4.78 is 27.1. The topological polar surface area (TPSA) is 63.2 Å². The molecule has 0 spiro atoms. The van der Waals surface area contributed by atoms with Gasteiger partial charge in [0.15, 0.2) is 17.3 Å². The van der Waals surface area contributed by atoms with Crippen LogP contribution in [-0.4, -0.2) is 34.2 Å². The zero-order chi connectivity index (χ0) is 18.8. The van der Waals surface area contributed by atoms with Crippen molar-refractivity contribution in [2.45, 2.75) is 6.92 Å². The molecule has 136 valence electrons. The van der Waals surface area contributed by atoms with Crippen LogP contribution in [0.4, 0.5) is 0 Å². The molecule has 0 saturated heterocycles. The Morgan fingerprint density at radius 3 is 2.04 bits per heavy atom. The van der Waals surface area contributed by atoms with Crippen molar-refractivity contribution >= 4 is 11.9 Å². The number of fused-ring (bicyclic) bond motifs is 1. The van der Waals surface area contributed by atoms with Crippen LogP contribution in [0.15, 0.2) is 30.0 Å². The molecule has 2 aromatic carbocycles. The summed E-state index contributed by atoms with van der Waals surface area (Å²) in [5, 5.41) is 0. The lowest BCUT2D eigenvalue weighted by Crippen LogP contribution is -1.99. The molecular formula is C20H20O6. The van der Waals surface area contributed by atoms with Crippen LogP contribution in [0.3, 0.4) is 0 Å². The van der Waals surface area contributed by atoms with Gasteiger partial charge >= 0.3 is 0 Å². The second-order valence-corrected chi connectivity index (χ2v) is 5.67. The number of rotatable bonds is 5. The molecule has 0 aromatic heterocycles. The fourth-order valence-corrected chi connectivity index (χ4v) is 2.93. The first-order valence-corrected chi connectivity index (χ1v) is 7.95. The minimum absolute atomic E-state index is 0.181. The van der Waals surface area contributed by atoms with E-state index in [9.17, 15) is 4.79 Å². The van der Waals surface area contributed by atoms with Gasteiger partial charge in [0.2, 0.25) is 11.5 Å². The van der Waals surface area contributed by atoms with E-state index < -0.39 is 0 Å². The van der Waals surface area contributed by atoms with E-state index in [0.717, 1.165) is 5.56 Å². The van der Waals surface area contributed by atoms with Crippen LogP contribution in [0.5, 0.6) is 28.7 Å². The van der Waals surface area contributed by atoms with Gasteiger partial charge in [-0.25, -0.2) is 0 Å². The van der Waals surface area contributed by atoms with Crippen molar-refractivity contribution in [3.63, 3.8) is 0 Å². The predicted octanol–water partition coefficient (Wildman–Crippen LogP) is 3.65. The van der Waals surface area contributed by atoms with E-state index in [0.29, 0.717) is 39.9 Å². The number of benzene rings is 2. The van der Waals surface area contributed by atoms with E-state index in [-0.39, 0.29) is 11.5 Å². The first-order chi connectivity index (χ1) is 12.5. The minimum Gasteiger partial charge on any atom is -0.496 e. The van der Waals surface area contributed by atoms with Gasteiger partial charge in [-0.3, -0.25) is 4.79 Å². The average Bonchev–Trinajstić information content (AvgIpc) is 2.98. The highest BCUT2D eigenvalue weighted by atomic mass is 16.5. The van der Waals surface area contributed by atoms with Crippen LogP contribution < -0.4 is 23.7 Å². The molecule has 0 fully saturated rings. The Morgan fingerprint density at radius 2 is 1.50 bits per heavy atom. The van der Waals surface area contributed by atoms with Gasteiger partial charge in [-0.15, -0.1) is 0 Å². The van der Waals surface area contributed by atoms with Gasteiger partial charge in [-0.1, -0.05) is 0 Å². The summed E-state index contributed by atoms with van der Waals surface area (Å²) in [7, 11) is 6.20. The fraction of sp³-hybridized carbons (Fsp3) is 0.250. The summed E-state index contributed by atoms with van der Waals surface area (Å²) in [6, 6.07) is 6.97. The highest BCUT2D eigenvalue weighted by Gasteiger charge is 2.30. The summed E-state index contributed by atoms with van der Waals surface area (Å²) in [5.74, 6) is 2.72. The molecule has 0 unspecified atom stereocenters.